The first kappa shape index (κ1) is 59.9. The van der Waals surface area contributed by atoms with Crippen LogP contribution in [0, 0.1) is 0 Å². The summed E-state index contributed by atoms with van der Waals surface area (Å²) in [7, 11) is 0. The Balaban J connectivity index is 0.791. The molecular weight excluding hydrogens is 1170 g/mol. The number of aliphatic hydroxyl groups excluding tert-OH is 3. The molecule has 4 aromatic heterocycles. The number of carbonyl (C=O) groups is 5. The molecule has 26 nitrogen and oxygen atoms in total. The molecule has 0 saturated carbocycles. The van der Waals surface area contributed by atoms with Gasteiger partial charge in [-0.15, -0.1) is 0 Å². The molecule has 6 aromatic rings. The molecule has 0 radical (unpaired) electrons. The monoisotopic (exact) mass is 1230 g/mol. The van der Waals surface area contributed by atoms with Crippen LogP contribution in [0.15, 0.2) is 71.7 Å². The number of fused-ring (bicyclic) bond motifs is 6. The second-order valence-corrected chi connectivity index (χ2v) is 23.0. The normalized spacial score (nSPS) is 20.9. The minimum atomic E-state index is -1.99. The molecule has 27 heteroatoms. The topological polar surface area (TPSA) is 332 Å². The van der Waals surface area contributed by atoms with Crippen molar-refractivity contribution >= 4 is 64.9 Å². The quantitative estimate of drug-likeness (QED) is 0.0221. The van der Waals surface area contributed by atoms with Crippen LogP contribution in [-0.2, 0) is 97.3 Å². The van der Waals surface area contributed by atoms with Crippen molar-refractivity contribution in [1.29, 1.82) is 0 Å². The van der Waals surface area contributed by atoms with E-state index in [-0.39, 0.29) is 106 Å². The number of aromatic nitrogens is 5. The Morgan fingerprint density at radius 3 is 2.30 bits per heavy atom. The number of hydrogen-bond donors (Lipinski definition) is 5. The first-order chi connectivity index (χ1) is 40.4. The molecule has 0 bridgehead atoms. The Morgan fingerprint density at radius 1 is 0.869 bits per heavy atom. The maximum atomic E-state index is 14.3. The summed E-state index contributed by atoms with van der Waals surface area (Å²) in [5.41, 5.74) is 2.53. The summed E-state index contributed by atoms with van der Waals surface area (Å²) in [4.78, 5) is 84.0. The van der Waals surface area contributed by atoms with Gasteiger partial charge in [-0.05, 0) is 12.5 Å². The first-order valence-electron chi connectivity index (χ1n) is 27.3. The van der Waals surface area contributed by atoms with Gasteiger partial charge < -0.3 is 19.3 Å². The molecule has 0 spiro atoms. The molecule has 5 N–H and O–H groups in total. The van der Waals surface area contributed by atoms with Crippen molar-refractivity contribution < 1.29 is 87.4 Å². The minimum absolute atomic E-state index is 0.00203. The van der Waals surface area contributed by atoms with Crippen molar-refractivity contribution in [2.45, 2.75) is 109 Å². The van der Waals surface area contributed by atoms with Crippen LogP contribution in [0.4, 0.5) is 4.79 Å². The van der Waals surface area contributed by atoms with E-state index in [1.807, 2.05) is 44.2 Å². The third kappa shape index (κ3) is 12.4. The molecule has 1 saturated heterocycles. The number of cyclic esters (lactones) is 1. The summed E-state index contributed by atoms with van der Waals surface area (Å²) in [6.45, 7) is 7.98. The zero-order valence-electron chi connectivity index (χ0n) is 46.1. The Labute approximate surface area is 485 Å². The first-order valence-corrected chi connectivity index (χ1v) is 29.0. The number of carboxylic acids is 1. The molecule has 1 fully saturated rings. The standard InChI is InChI=1S/C57H63N7O19Se/c1-4-57(75)40-24-42-46-38(27-64(42)52(70)39(40)30-80-55(57)73)35(36-7-5-6-8-41(36)58-46)13-14-62(31(2)3)56(74)81-28-32-9-10-43(82-54-49(69)47(67)48(68)50(83-54)53(71)72)37-23-34(84-51(32)37)26-61-25-33(59-60-61)29-79-22-21-78-20-19-77-18-17-76-16-15-63-44(65)11-12-45(63)66/h5-12,23-25,31,47-50,54,67-69,75H,4,13-22,26-30H2,1-3H3,(H,71,72)/t47-,48-,49+,50-,54+,57+/m0/s1. The predicted molar refractivity (Wildman–Crippen MR) is 293 cm³/mol. The summed E-state index contributed by atoms with van der Waals surface area (Å²) in [5, 5.41) is 62.9. The van der Waals surface area contributed by atoms with E-state index < -0.39 is 68.8 Å². The van der Waals surface area contributed by atoms with E-state index in [4.69, 9.17) is 42.9 Å². The third-order valence-corrected chi connectivity index (χ3v) is 17.5. The fourth-order valence-electron chi connectivity index (χ4n) is 10.5. The van der Waals surface area contributed by atoms with Crippen molar-refractivity contribution in [2.75, 3.05) is 59.3 Å². The number of rotatable bonds is 26. The number of aliphatic carboxylic acids is 1. The number of carbonyl (C=O) groups excluding carboxylic acids is 4. The number of imide groups is 1. The summed E-state index contributed by atoms with van der Waals surface area (Å²) < 4.78 is 50.1. The Hall–Kier alpha value is -7.27. The number of para-hydroxylation sites is 1. The SMILES string of the molecule is CC[C@]1(O)C(=O)OCc2c1cc1n(c2=O)Cc2c-1nc1ccccc1c2CCN(C(=O)OCc1ccc(O[C@@H]2O[C@H](C(=O)O)[C@@H](O)[C@H](O)[C@H]2O)c2cc(Cn3cc(COCCOCCOCCOCCN4C(=O)C=CC4=O)nn3)[se]c12)C(C)C. The van der Waals surface area contributed by atoms with Gasteiger partial charge in [-0.1, -0.05) is 13.0 Å². The van der Waals surface area contributed by atoms with Crippen molar-refractivity contribution in [2.24, 2.45) is 0 Å². The van der Waals surface area contributed by atoms with Crippen LogP contribution < -0.4 is 10.3 Å². The van der Waals surface area contributed by atoms with Gasteiger partial charge in [-0.25, -0.2) is 4.79 Å². The van der Waals surface area contributed by atoms with Gasteiger partial charge in [0, 0.05) is 17.7 Å². The zero-order chi connectivity index (χ0) is 59.4. The molecule has 446 valence electrons. The molecule has 2 aromatic carbocycles. The average molecular weight is 1230 g/mol. The number of benzene rings is 2. The average Bonchev–Trinajstić information content (AvgIpc) is 1.69. The van der Waals surface area contributed by atoms with Gasteiger partial charge in [0.25, 0.3) is 17.4 Å². The van der Waals surface area contributed by atoms with Gasteiger partial charge in [0.15, 0.2) is 5.60 Å². The molecule has 10 rings (SSSR count). The van der Waals surface area contributed by atoms with Gasteiger partial charge in [-0.2, -0.15) is 0 Å². The molecular formula is C57H63N7O19Se. The van der Waals surface area contributed by atoms with Crippen LogP contribution in [0.5, 0.6) is 5.75 Å². The van der Waals surface area contributed by atoms with Crippen molar-refractivity contribution in [1.82, 2.24) is 34.3 Å². The van der Waals surface area contributed by atoms with Crippen molar-refractivity contribution in [3.63, 3.8) is 0 Å². The van der Waals surface area contributed by atoms with Gasteiger partial charge in [0.1, 0.15) is 6.61 Å². The summed E-state index contributed by atoms with van der Waals surface area (Å²) >= 11 is -0.440. The molecule has 0 unspecified atom stereocenters. The summed E-state index contributed by atoms with van der Waals surface area (Å²) in [5.74, 6) is -2.93. The number of hydrogen-bond acceptors (Lipinski definition) is 21. The van der Waals surface area contributed by atoms with Gasteiger partial charge in [-0.3, -0.25) is 19.3 Å². The number of aliphatic hydroxyl groups is 4. The van der Waals surface area contributed by atoms with Gasteiger partial charge >= 0.3 is 339 Å². The van der Waals surface area contributed by atoms with E-state index >= 15 is 0 Å². The van der Waals surface area contributed by atoms with E-state index in [1.54, 1.807) is 45.5 Å². The molecule has 6 atom stereocenters. The summed E-state index contributed by atoms with van der Waals surface area (Å²) in [6, 6.07) is 14.0. The van der Waals surface area contributed by atoms with Crippen molar-refractivity contribution in [3.05, 3.63) is 115 Å². The predicted octanol–water partition coefficient (Wildman–Crippen LogP) is 1.28. The van der Waals surface area contributed by atoms with Crippen LogP contribution in [0.1, 0.15) is 65.1 Å². The number of pyridine rings is 2. The Bertz CT molecular complexity index is 3550. The number of amides is 3. The second kappa shape index (κ2) is 25.9. The van der Waals surface area contributed by atoms with Gasteiger partial charge in [0.2, 0.25) is 0 Å². The number of ether oxygens (including phenoxy) is 8. The molecule has 4 aliphatic heterocycles. The van der Waals surface area contributed by atoms with Crippen LogP contribution in [0.3, 0.4) is 0 Å². The van der Waals surface area contributed by atoms with E-state index in [9.17, 15) is 54.3 Å². The summed E-state index contributed by atoms with van der Waals surface area (Å²) in [6.07, 6.45) is -5.31. The Kier molecular flexibility index (Phi) is 18.5. The maximum absolute atomic E-state index is 14.3. The Morgan fingerprint density at radius 2 is 1.58 bits per heavy atom. The molecule has 84 heavy (non-hydrogen) atoms. The van der Waals surface area contributed by atoms with Crippen LogP contribution >= 0.6 is 0 Å². The number of esters is 1. The third-order valence-electron chi connectivity index (χ3n) is 15.0. The van der Waals surface area contributed by atoms with Crippen LogP contribution in [0.2, 0.25) is 0 Å². The van der Waals surface area contributed by atoms with E-state index in [1.165, 1.54) is 12.2 Å². The molecule has 3 amide bonds. The number of carboxylic acid groups (broad SMARTS) is 1. The van der Waals surface area contributed by atoms with Crippen LogP contribution in [0.25, 0.3) is 31.9 Å². The fourth-order valence-corrected chi connectivity index (χ4v) is 12.9. The molecule has 0 aliphatic carbocycles. The van der Waals surface area contributed by atoms with E-state index in [0.717, 1.165) is 30.1 Å². The zero-order valence-corrected chi connectivity index (χ0v) is 47.8. The van der Waals surface area contributed by atoms with Crippen molar-refractivity contribution in [3.8, 4) is 17.1 Å². The molecule has 4 aliphatic rings. The second-order valence-electron chi connectivity index (χ2n) is 20.6. The van der Waals surface area contributed by atoms with Crippen LogP contribution in [-0.4, -0.2) is 200 Å². The number of nitrogens with zero attached hydrogens (tertiary/aromatic N) is 7. The fraction of sp³-hybridized carbons (Fsp3) is 0.456. The van der Waals surface area contributed by atoms with Gasteiger partial charge in [0.05, 0.1) is 31.9 Å². The molecule has 8 heterocycles. The van der Waals surface area contributed by atoms with E-state index in [2.05, 4.69) is 10.3 Å². The van der Waals surface area contributed by atoms with E-state index in [0.29, 0.717) is 73.0 Å².